The molecule has 1 unspecified atom stereocenters. The summed E-state index contributed by atoms with van der Waals surface area (Å²) in [6.07, 6.45) is 1.64. The average molecular weight is 480 g/mol. The topological polar surface area (TPSA) is 85.5 Å². The molecule has 0 N–H and O–H groups in total. The minimum Gasteiger partial charge on any atom is -0.490 e. The summed E-state index contributed by atoms with van der Waals surface area (Å²) in [6, 6.07) is 9.74. The monoisotopic (exact) mass is 479 g/mol. The van der Waals surface area contributed by atoms with E-state index in [9.17, 15) is 9.59 Å². The molecule has 0 radical (unpaired) electrons. The third kappa shape index (κ3) is 3.51. The van der Waals surface area contributed by atoms with Crippen LogP contribution in [0.3, 0.4) is 0 Å². The van der Waals surface area contributed by atoms with Crippen LogP contribution >= 0.6 is 22.9 Å². The minimum absolute atomic E-state index is 0.00973. The zero-order valence-corrected chi connectivity index (χ0v) is 19.4. The molecule has 7 nitrogen and oxygen atoms in total. The summed E-state index contributed by atoms with van der Waals surface area (Å²) in [6.45, 7) is 7.61. The van der Waals surface area contributed by atoms with Crippen molar-refractivity contribution >= 4 is 44.9 Å². The van der Waals surface area contributed by atoms with Gasteiger partial charge in [0, 0.05) is 5.02 Å². The molecule has 2 aromatic carbocycles. The normalized spacial score (nSPS) is 15.2. The minimum atomic E-state index is -0.757. The molecule has 33 heavy (non-hydrogen) atoms. The van der Waals surface area contributed by atoms with Gasteiger partial charge in [0.25, 0.3) is 5.91 Å². The number of anilines is 1. The number of ether oxygens (including phenoxy) is 1. The summed E-state index contributed by atoms with van der Waals surface area (Å²) >= 11 is 7.55. The van der Waals surface area contributed by atoms with Gasteiger partial charge >= 0.3 is 0 Å². The Hall–Kier alpha value is -3.49. The van der Waals surface area contributed by atoms with E-state index in [2.05, 4.69) is 16.8 Å². The molecular weight excluding hydrogens is 462 g/mol. The number of carbonyl (C=O) groups is 1. The number of hydrogen-bond acceptors (Lipinski definition) is 7. The van der Waals surface area contributed by atoms with Gasteiger partial charge in [0.05, 0.1) is 17.0 Å². The first-order valence-corrected chi connectivity index (χ1v) is 11.3. The summed E-state index contributed by atoms with van der Waals surface area (Å²) in [4.78, 5) is 28.7. The molecule has 166 valence electrons. The van der Waals surface area contributed by atoms with E-state index in [4.69, 9.17) is 20.8 Å². The Balaban J connectivity index is 1.77. The van der Waals surface area contributed by atoms with E-state index in [1.54, 1.807) is 37.3 Å². The fourth-order valence-corrected chi connectivity index (χ4v) is 4.80. The smallest absolute Gasteiger partial charge is 0.297 e. The maximum Gasteiger partial charge on any atom is 0.297 e. The van der Waals surface area contributed by atoms with E-state index in [1.807, 2.05) is 19.1 Å². The summed E-state index contributed by atoms with van der Waals surface area (Å²) in [5.41, 5.74) is 1.67. The summed E-state index contributed by atoms with van der Waals surface area (Å²) in [7, 11) is 0. The molecule has 3 heterocycles. The van der Waals surface area contributed by atoms with E-state index >= 15 is 0 Å². The van der Waals surface area contributed by atoms with Crippen molar-refractivity contribution in [3.8, 4) is 5.75 Å². The SMILES string of the molecule is C=CCOc1cccc(C2c3c(oc4cc(C)c(Cl)cc4c3=O)C(=O)N2c2nnc(C)s2)c1. The quantitative estimate of drug-likeness (QED) is 0.364. The molecule has 1 amide bonds. The van der Waals surface area contributed by atoms with E-state index in [-0.39, 0.29) is 16.8 Å². The van der Waals surface area contributed by atoms with Crippen LogP contribution in [0.2, 0.25) is 5.02 Å². The average Bonchev–Trinajstić information content (AvgIpc) is 3.35. The number of nitrogens with zero attached hydrogens (tertiary/aromatic N) is 3. The Morgan fingerprint density at radius 2 is 2.06 bits per heavy atom. The van der Waals surface area contributed by atoms with Gasteiger partial charge in [0.2, 0.25) is 10.9 Å². The maximum atomic E-state index is 13.7. The van der Waals surface area contributed by atoms with Crippen molar-refractivity contribution in [2.24, 2.45) is 0 Å². The van der Waals surface area contributed by atoms with Crippen molar-refractivity contribution < 1.29 is 13.9 Å². The first kappa shape index (κ1) is 21.4. The highest BCUT2D eigenvalue weighted by Crippen LogP contribution is 2.43. The lowest BCUT2D eigenvalue weighted by molar-refractivity contribution is 0.0970. The number of carbonyl (C=O) groups excluding carboxylic acids is 1. The van der Waals surface area contributed by atoms with E-state index < -0.39 is 11.9 Å². The first-order chi connectivity index (χ1) is 15.9. The van der Waals surface area contributed by atoms with Crippen molar-refractivity contribution in [3.63, 3.8) is 0 Å². The highest BCUT2D eigenvalue weighted by atomic mass is 35.5. The number of benzene rings is 2. The summed E-state index contributed by atoms with van der Waals surface area (Å²) < 4.78 is 11.7. The lowest BCUT2D eigenvalue weighted by Crippen LogP contribution is -2.29. The molecule has 9 heteroatoms. The largest absolute Gasteiger partial charge is 0.490 e. The number of aromatic nitrogens is 2. The number of fused-ring (bicyclic) bond motifs is 2. The van der Waals surface area contributed by atoms with E-state index in [0.717, 1.165) is 5.56 Å². The predicted molar refractivity (Wildman–Crippen MR) is 128 cm³/mol. The fraction of sp³-hybridized carbons (Fsp3) is 0.167. The van der Waals surface area contributed by atoms with Crippen LogP contribution in [0.15, 0.2) is 58.3 Å². The summed E-state index contributed by atoms with van der Waals surface area (Å²) in [5.74, 6) is 0.130. The molecule has 4 aromatic rings. The van der Waals surface area contributed by atoms with Gasteiger partial charge in [-0.1, -0.05) is 47.7 Å². The second-order valence-electron chi connectivity index (χ2n) is 7.63. The van der Waals surface area contributed by atoms with Gasteiger partial charge in [-0.25, -0.2) is 0 Å². The van der Waals surface area contributed by atoms with Crippen molar-refractivity contribution in [3.05, 3.63) is 91.8 Å². The molecule has 0 spiro atoms. The van der Waals surface area contributed by atoms with Crippen LogP contribution in [-0.2, 0) is 0 Å². The molecular formula is C24H18ClN3O4S. The Kier molecular flexibility index (Phi) is 5.26. The Morgan fingerprint density at radius 1 is 1.24 bits per heavy atom. The first-order valence-electron chi connectivity index (χ1n) is 10.1. The second-order valence-corrected chi connectivity index (χ2v) is 9.19. The predicted octanol–water partition coefficient (Wildman–Crippen LogP) is 5.23. The number of hydrogen-bond donors (Lipinski definition) is 0. The molecule has 5 rings (SSSR count). The number of aryl methyl sites for hydroxylation is 2. The summed E-state index contributed by atoms with van der Waals surface area (Å²) in [5, 5.41) is 10.1. The van der Waals surface area contributed by atoms with Crippen molar-refractivity contribution in [2.45, 2.75) is 19.9 Å². The zero-order chi connectivity index (χ0) is 23.3. The number of rotatable bonds is 5. The van der Waals surface area contributed by atoms with E-state index in [1.165, 1.54) is 16.2 Å². The van der Waals surface area contributed by atoms with Crippen LogP contribution in [0.5, 0.6) is 5.75 Å². The van der Waals surface area contributed by atoms with Crippen LogP contribution in [0.4, 0.5) is 5.13 Å². The van der Waals surface area contributed by atoms with Gasteiger partial charge in [0.1, 0.15) is 22.9 Å². The fourth-order valence-electron chi connectivity index (χ4n) is 3.92. The molecule has 0 fully saturated rings. The second kappa shape index (κ2) is 8.13. The third-order valence-corrected chi connectivity index (χ3v) is 6.66. The van der Waals surface area contributed by atoms with Crippen molar-refractivity contribution in [2.75, 3.05) is 11.5 Å². The van der Waals surface area contributed by atoms with Crippen LogP contribution in [0.1, 0.15) is 38.3 Å². The van der Waals surface area contributed by atoms with Gasteiger partial charge in [-0.05, 0) is 49.2 Å². The molecule has 0 aliphatic carbocycles. The molecule has 0 saturated carbocycles. The Morgan fingerprint density at radius 3 is 2.79 bits per heavy atom. The number of amides is 1. The van der Waals surface area contributed by atoms with Crippen molar-refractivity contribution in [1.82, 2.24) is 10.2 Å². The number of halogens is 1. The highest BCUT2D eigenvalue weighted by molar-refractivity contribution is 7.15. The van der Waals surface area contributed by atoms with Gasteiger partial charge in [-0.15, -0.1) is 10.2 Å². The standard InChI is InChI=1S/C24H18ClN3O4S/c1-4-8-31-15-7-5-6-14(10-15)20-19-21(29)16-11-17(25)12(2)9-18(16)32-22(19)23(30)28(20)24-27-26-13(3)33-24/h4-7,9-11,20H,1,8H2,2-3H3. The molecule has 2 aromatic heterocycles. The third-order valence-electron chi connectivity index (χ3n) is 5.41. The van der Waals surface area contributed by atoms with Gasteiger partial charge in [-0.3, -0.25) is 14.5 Å². The van der Waals surface area contributed by atoms with Crippen LogP contribution in [-0.4, -0.2) is 22.7 Å². The van der Waals surface area contributed by atoms with Gasteiger partial charge < -0.3 is 9.15 Å². The zero-order valence-electron chi connectivity index (χ0n) is 17.8. The lowest BCUT2D eigenvalue weighted by Gasteiger charge is -2.22. The lowest BCUT2D eigenvalue weighted by atomic mass is 9.98. The van der Waals surface area contributed by atoms with Crippen LogP contribution in [0.25, 0.3) is 11.0 Å². The van der Waals surface area contributed by atoms with Gasteiger partial charge in [0.15, 0.2) is 5.43 Å². The molecule has 1 aliphatic heterocycles. The molecule has 0 saturated heterocycles. The van der Waals surface area contributed by atoms with Crippen molar-refractivity contribution in [1.29, 1.82) is 0 Å². The highest BCUT2D eigenvalue weighted by Gasteiger charge is 2.45. The van der Waals surface area contributed by atoms with Crippen LogP contribution < -0.4 is 15.1 Å². The molecule has 0 bridgehead atoms. The Labute approximate surface area is 197 Å². The maximum absolute atomic E-state index is 13.7. The van der Waals surface area contributed by atoms with Gasteiger partial charge in [-0.2, -0.15) is 0 Å². The molecule has 1 aliphatic rings. The molecule has 1 atom stereocenters. The van der Waals surface area contributed by atoms with E-state index in [0.29, 0.717) is 44.1 Å². The van der Waals surface area contributed by atoms with Crippen LogP contribution in [0, 0.1) is 13.8 Å². The Bertz CT molecular complexity index is 1490.